The largest absolute Gasteiger partial charge is 0.495 e. The lowest BCUT2D eigenvalue weighted by atomic mass is 10.0. The fourth-order valence-electron chi connectivity index (χ4n) is 3.40. The van der Waals surface area contributed by atoms with Crippen molar-refractivity contribution in [2.24, 2.45) is 0 Å². The summed E-state index contributed by atoms with van der Waals surface area (Å²) in [5.74, 6) is -3.59. The Kier molecular flexibility index (Phi) is 5.57. The molecule has 33 heavy (non-hydrogen) atoms. The topological polar surface area (TPSA) is 102 Å². The lowest BCUT2D eigenvalue weighted by molar-refractivity contribution is -0.384. The number of halogens is 2. The van der Waals surface area contributed by atoms with Crippen LogP contribution in [0.3, 0.4) is 0 Å². The number of ether oxygens (including phenoxy) is 1. The Hall–Kier alpha value is -4.60. The molecule has 8 nitrogen and oxygen atoms in total. The highest BCUT2D eigenvalue weighted by atomic mass is 19.2. The van der Waals surface area contributed by atoms with Gasteiger partial charge in [0.1, 0.15) is 11.4 Å². The maximum absolute atomic E-state index is 13.8. The summed E-state index contributed by atoms with van der Waals surface area (Å²) < 4.78 is 32.5. The van der Waals surface area contributed by atoms with E-state index >= 15 is 0 Å². The van der Waals surface area contributed by atoms with Gasteiger partial charge in [-0.3, -0.25) is 19.7 Å². The van der Waals surface area contributed by atoms with Crippen LogP contribution in [0.15, 0.2) is 72.4 Å². The monoisotopic (exact) mass is 451 g/mol. The van der Waals surface area contributed by atoms with Gasteiger partial charge in [0.05, 0.1) is 29.0 Å². The summed E-state index contributed by atoms with van der Waals surface area (Å²) in [7, 11) is 1.43. The van der Waals surface area contributed by atoms with E-state index in [0.717, 1.165) is 18.2 Å². The maximum Gasteiger partial charge on any atom is 0.282 e. The highest BCUT2D eigenvalue weighted by Crippen LogP contribution is 2.36. The molecule has 0 atom stereocenters. The van der Waals surface area contributed by atoms with Crippen LogP contribution in [0.1, 0.15) is 5.56 Å². The number of hydrogen-bond donors (Lipinski definition) is 1. The predicted octanol–water partition coefficient (Wildman–Crippen LogP) is 4.28. The molecule has 1 aliphatic rings. The molecule has 0 bridgehead atoms. The molecule has 2 amide bonds. The summed E-state index contributed by atoms with van der Waals surface area (Å²) in [6.45, 7) is 0. The number of hydrogen-bond acceptors (Lipinski definition) is 6. The molecule has 0 unspecified atom stereocenters. The molecule has 0 spiro atoms. The third-order valence-corrected chi connectivity index (χ3v) is 4.98. The minimum absolute atomic E-state index is 0.0921. The van der Waals surface area contributed by atoms with E-state index in [9.17, 15) is 28.5 Å². The molecule has 4 rings (SSSR count). The van der Waals surface area contributed by atoms with E-state index in [1.165, 1.54) is 31.4 Å². The third-order valence-electron chi connectivity index (χ3n) is 4.98. The lowest BCUT2D eigenvalue weighted by Gasteiger charge is -2.16. The van der Waals surface area contributed by atoms with Crippen LogP contribution < -0.4 is 15.0 Å². The summed E-state index contributed by atoms with van der Waals surface area (Å²) in [6, 6.07) is 14.4. The molecular weight excluding hydrogens is 436 g/mol. The van der Waals surface area contributed by atoms with Crippen LogP contribution in [0.25, 0.3) is 5.57 Å². The van der Waals surface area contributed by atoms with Crippen molar-refractivity contribution < 1.29 is 28.0 Å². The fourth-order valence-corrected chi connectivity index (χ4v) is 3.40. The summed E-state index contributed by atoms with van der Waals surface area (Å²) in [5, 5.41) is 13.9. The molecule has 166 valence electrons. The van der Waals surface area contributed by atoms with Gasteiger partial charge in [-0.15, -0.1) is 0 Å². The van der Waals surface area contributed by atoms with E-state index in [1.807, 2.05) is 0 Å². The predicted molar refractivity (Wildman–Crippen MR) is 115 cm³/mol. The van der Waals surface area contributed by atoms with Crippen LogP contribution in [-0.4, -0.2) is 23.8 Å². The summed E-state index contributed by atoms with van der Waals surface area (Å²) in [6.07, 6.45) is 0. The molecular formula is C23H15F2N3O5. The minimum Gasteiger partial charge on any atom is -0.495 e. The van der Waals surface area contributed by atoms with Crippen molar-refractivity contribution in [2.45, 2.75) is 0 Å². The zero-order valence-electron chi connectivity index (χ0n) is 17.0. The Morgan fingerprint density at radius 1 is 0.939 bits per heavy atom. The van der Waals surface area contributed by atoms with E-state index < -0.39 is 28.4 Å². The Morgan fingerprint density at radius 3 is 2.27 bits per heavy atom. The second-order valence-electron chi connectivity index (χ2n) is 6.92. The number of imide groups is 1. The first-order valence-corrected chi connectivity index (χ1v) is 9.54. The van der Waals surface area contributed by atoms with Crippen LogP contribution in [0, 0.1) is 21.7 Å². The van der Waals surface area contributed by atoms with Gasteiger partial charge in [0.15, 0.2) is 11.6 Å². The number of nitro groups is 1. The number of carbonyl (C=O) groups excluding carboxylic acids is 2. The number of non-ortho nitro benzene ring substituents is 1. The fraction of sp³-hybridized carbons (Fsp3) is 0.0435. The number of amides is 2. The van der Waals surface area contributed by atoms with Crippen molar-refractivity contribution in [1.29, 1.82) is 0 Å². The van der Waals surface area contributed by atoms with Gasteiger partial charge in [-0.1, -0.05) is 12.1 Å². The van der Waals surface area contributed by atoms with Crippen molar-refractivity contribution in [3.8, 4) is 5.75 Å². The van der Waals surface area contributed by atoms with E-state index in [1.54, 1.807) is 24.3 Å². The molecule has 3 aromatic carbocycles. The molecule has 3 aromatic rings. The number of carbonyl (C=O) groups is 2. The van der Waals surface area contributed by atoms with Crippen molar-refractivity contribution in [3.63, 3.8) is 0 Å². The molecule has 0 saturated heterocycles. The molecule has 1 N–H and O–H groups in total. The molecule has 0 aliphatic carbocycles. The number of nitrogens with zero attached hydrogens (tertiary/aromatic N) is 2. The number of para-hydroxylation sites is 2. The second-order valence-corrected chi connectivity index (χ2v) is 6.92. The summed E-state index contributed by atoms with van der Waals surface area (Å²) in [5.41, 5.74) is -0.00860. The standard InChI is InChI=1S/C23H15F2N3O5/c1-33-19-5-3-2-4-18(19)26-21-20(13-6-8-14(9-7-13)28(31)32)22(29)27(23(21)30)15-10-11-16(24)17(25)12-15/h2-12,26H,1H3. The summed E-state index contributed by atoms with van der Waals surface area (Å²) >= 11 is 0. The van der Waals surface area contributed by atoms with Crippen LogP contribution in [-0.2, 0) is 9.59 Å². The Labute approximate surface area is 185 Å². The minimum atomic E-state index is -1.23. The van der Waals surface area contributed by atoms with E-state index in [-0.39, 0.29) is 28.2 Å². The quantitative estimate of drug-likeness (QED) is 0.341. The number of methoxy groups -OCH3 is 1. The van der Waals surface area contributed by atoms with Gasteiger partial charge in [0, 0.05) is 18.2 Å². The van der Waals surface area contributed by atoms with Gasteiger partial charge in [-0.2, -0.15) is 0 Å². The first-order valence-electron chi connectivity index (χ1n) is 9.54. The zero-order valence-corrected chi connectivity index (χ0v) is 17.0. The number of benzene rings is 3. The molecule has 1 heterocycles. The molecule has 1 aliphatic heterocycles. The smallest absolute Gasteiger partial charge is 0.282 e. The zero-order chi connectivity index (χ0) is 23.7. The molecule has 0 saturated carbocycles. The van der Waals surface area contributed by atoms with E-state index in [0.29, 0.717) is 16.3 Å². The first-order chi connectivity index (χ1) is 15.8. The number of anilines is 2. The van der Waals surface area contributed by atoms with Gasteiger partial charge < -0.3 is 10.1 Å². The van der Waals surface area contributed by atoms with Crippen molar-refractivity contribution >= 4 is 34.4 Å². The molecule has 0 fully saturated rings. The Balaban J connectivity index is 1.84. The average molecular weight is 451 g/mol. The normalized spacial score (nSPS) is 13.5. The van der Waals surface area contributed by atoms with Gasteiger partial charge >= 0.3 is 0 Å². The van der Waals surface area contributed by atoms with Crippen LogP contribution in [0.4, 0.5) is 25.8 Å². The van der Waals surface area contributed by atoms with Crippen LogP contribution >= 0.6 is 0 Å². The Morgan fingerprint density at radius 2 is 1.64 bits per heavy atom. The average Bonchev–Trinajstić information content (AvgIpc) is 3.05. The van der Waals surface area contributed by atoms with Crippen LogP contribution in [0.5, 0.6) is 5.75 Å². The van der Waals surface area contributed by atoms with E-state index in [4.69, 9.17) is 4.74 Å². The SMILES string of the molecule is COc1ccccc1NC1=C(c2ccc([N+](=O)[O-])cc2)C(=O)N(c2ccc(F)c(F)c2)C1=O. The summed E-state index contributed by atoms with van der Waals surface area (Å²) in [4.78, 5) is 37.7. The van der Waals surface area contributed by atoms with E-state index in [2.05, 4.69) is 5.32 Å². The lowest BCUT2D eigenvalue weighted by Crippen LogP contribution is -2.32. The van der Waals surface area contributed by atoms with Gasteiger partial charge in [-0.05, 0) is 42.0 Å². The number of nitrogens with one attached hydrogen (secondary N) is 1. The van der Waals surface area contributed by atoms with Gasteiger partial charge in [0.2, 0.25) is 0 Å². The Bertz CT molecular complexity index is 1320. The highest BCUT2D eigenvalue weighted by Gasteiger charge is 2.41. The first kappa shape index (κ1) is 21.6. The molecule has 0 aromatic heterocycles. The maximum atomic E-state index is 13.8. The van der Waals surface area contributed by atoms with Crippen LogP contribution in [0.2, 0.25) is 0 Å². The third kappa shape index (κ3) is 3.89. The van der Waals surface area contributed by atoms with Crippen molar-refractivity contribution in [3.05, 3.63) is 99.7 Å². The van der Waals surface area contributed by atoms with Gasteiger partial charge in [-0.25, -0.2) is 13.7 Å². The molecule has 10 heteroatoms. The highest BCUT2D eigenvalue weighted by molar-refractivity contribution is 6.46. The van der Waals surface area contributed by atoms with Crippen molar-refractivity contribution in [2.75, 3.05) is 17.3 Å². The van der Waals surface area contributed by atoms with Gasteiger partial charge in [0.25, 0.3) is 17.5 Å². The number of rotatable bonds is 6. The van der Waals surface area contributed by atoms with Crippen molar-refractivity contribution in [1.82, 2.24) is 0 Å². The molecule has 0 radical (unpaired) electrons. The number of nitro benzene ring substituents is 1. The second kappa shape index (κ2) is 8.50.